The highest BCUT2D eigenvalue weighted by molar-refractivity contribution is 8.14. The van der Waals surface area contributed by atoms with Gasteiger partial charge in [0.25, 0.3) is 9.05 Å². The molecule has 0 bridgehead atoms. The van der Waals surface area contributed by atoms with Crippen molar-refractivity contribution >= 4 is 30.6 Å². The molecule has 0 aliphatic heterocycles. The van der Waals surface area contributed by atoms with Crippen LogP contribution in [0.15, 0.2) is 35.4 Å². The summed E-state index contributed by atoms with van der Waals surface area (Å²) < 4.78 is 60.8. The van der Waals surface area contributed by atoms with Gasteiger partial charge in [0.1, 0.15) is 4.90 Å². The first kappa shape index (κ1) is 15.2. The maximum absolute atomic E-state index is 12.1. The Kier molecular flexibility index (Phi) is 4.02. The summed E-state index contributed by atoms with van der Waals surface area (Å²) in [5.41, 5.74) is 0.550. The van der Waals surface area contributed by atoms with E-state index in [4.69, 9.17) is 10.7 Å². The van der Waals surface area contributed by atoms with Gasteiger partial charge in [-0.3, -0.25) is 0 Å². The molecule has 1 heterocycles. The highest BCUT2D eigenvalue weighted by Crippen LogP contribution is 2.29. The molecule has 0 atom stereocenters. The highest BCUT2D eigenvalue weighted by Gasteiger charge is 2.26. The van der Waals surface area contributed by atoms with Crippen LogP contribution in [0.1, 0.15) is 12.8 Å². The Morgan fingerprint density at radius 3 is 2.45 bits per heavy atom. The second kappa shape index (κ2) is 5.29. The third kappa shape index (κ3) is 3.46. The zero-order chi connectivity index (χ0) is 15.0. The fraction of sp³-hybridized carbons (Fsp3) is 0.333. The second-order valence-corrected chi connectivity index (χ2v) is 6.89. The third-order valence-electron chi connectivity index (χ3n) is 2.87. The number of aromatic nitrogens is 1. The SMILES string of the molecule is O=S(=O)(Cl)c1cn(CCCC(F)(F)F)c2ccccc12. The van der Waals surface area contributed by atoms with Crippen LogP contribution in [0.4, 0.5) is 13.2 Å². The van der Waals surface area contributed by atoms with Crippen molar-refractivity contribution in [3.63, 3.8) is 0 Å². The number of nitrogens with zero attached hydrogens (tertiary/aromatic N) is 1. The number of benzene rings is 1. The number of hydrogen-bond donors (Lipinski definition) is 0. The predicted octanol–water partition coefficient (Wildman–Crippen LogP) is 3.91. The van der Waals surface area contributed by atoms with Crippen LogP contribution < -0.4 is 0 Å². The smallest absolute Gasteiger partial charge is 0.346 e. The summed E-state index contributed by atoms with van der Waals surface area (Å²) >= 11 is 0. The number of aryl methyl sites for hydroxylation is 1. The standard InChI is InChI=1S/C12H11ClF3NO2S/c13-20(18,19)11-8-17(7-3-6-12(14,15)16)10-5-2-1-4-9(10)11/h1-2,4-5,8H,3,6-7H2. The van der Waals surface area contributed by atoms with Crippen LogP contribution >= 0.6 is 10.7 Å². The van der Waals surface area contributed by atoms with E-state index in [1.807, 2.05) is 0 Å². The van der Waals surface area contributed by atoms with E-state index in [1.165, 1.54) is 10.8 Å². The fourth-order valence-corrected chi connectivity index (χ4v) is 3.10. The predicted molar refractivity (Wildman–Crippen MR) is 70.3 cm³/mol. The number of halogens is 4. The second-order valence-electron chi connectivity index (χ2n) is 4.36. The molecule has 0 spiro atoms. The first-order valence-corrected chi connectivity index (χ1v) is 8.09. The molecule has 1 aromatic heterocycles. The Labute approximate surface area is 118 Å². The average molecular weight is 326 g/mol. The van der Waals surface area contributed by atoms with Gasteiger partial charge in [0, 0.05) is 40.7 Å². The molecule has 0 amide bonds. The molecule has 0 saturated heterocycles. The lowest BCUT2D eigenvalue weighted by Gasteiger charge is -2.07. The number of rotatable bonds is 4. The van der Waals surface area contributed by atoms with Crippen LogP contribution in [0.5, 0.6) is 0 Å². The van der Waals surface area contributed by atoms with Gasteiger partial charge in [0.05, 0.1) is 0 Å². The molecule has 0 N–H and O–H groups in total. The zero-order valence-electron chi connectivity index (χ0n) is 10.2. The molecule has 0 aliphatic rings. The molecule has 0 unspecified atom stereocenters. The van der Waals surface area contributed by atoms with E-state index < -0.39 is 21.6 Å². The van der Waals surface area contributed by atoms with Crippen LogP contribution in [0, 0.1) is 0 Å². The van der Waals surface area contributed by atoms with Gasteiger partial charge in [-0.2, -0.15) is 13.2 Å². The first-order valence-electron chi connectivity index (χ1n) is 5.78. The van der Waals surface area contributed by atoms with E-state index in [0.717, 1.165) is 0 Å². The van der Waals surface area contributed by atoms with Gasteiger partial charge in [0.15, 0.2) is 0 Å². The van der Waals surface area contributed by atoms with Gasteiger partial charge in [-0.05, 0) is 12.5 Å². The molecule has 0 radical (unpaired) electrons. The van der Waals surface area contributed by atoms with Gasteiger partial charge in [-0.1, -0.05) is 18.2 Å². The van der Waals surface area contributed by atoms with Gasteiger partial charge in [0.2, 0.25) is 0 Å². The summed E-state index contributed by atoms with van der Waals surface area (Å²) in [6, 6.07) is 6.56. The number of fused-ring (bicyclic) bond motifs is 1. The van der Waals surface area contributed by atoms with Crippen molar-refractivity contribution in [2.45, 2.75) is 30.5 Å². The molecule has 8 heteroatoms. The summed E-state index contributed by atoms with van der Waals surface area (Å²) in [5, 5.41) is 0.412. The molecule has 2 rings (SSSR count). The highest BCUT2D eigenvalue weighted by atomic mass is 35.7. The van der Waals surface area contributed by atoms with Crippen LogP contribution in [-0.2, 0) is 15.6 Å². The monoisotopic (exact) mass is 325 g/mol. The molecule has 1 aromatic carbocycles. The molecule has 3 nitrogen and oxygen atoms in total. The maximum Gasteiger partial charge on any atom is 0.389 e. The largest absolute Gasteiger partial charge is 0.389 e. The molecular formula is C12H11ClF3NO2S. The normalized spacial score (nSPS) is 13.0. The van der Waals surface area contributed by atoms with Crippen LogP contribution in [0.2, 0.25) is 0 Å². The van der Waals surface area contributed by atoms with Crippen molar-refractivity contribution in [3.05, 3.63) is 30.5 Å². The number of hydrogen-bond acceptors (Lipinski definition) is 2. The van der Waals surface area contributed by atoms with Crippen molar-refractivity contribution < 1.29 is 21.6 Å². The van der Waals surface area contributed by atoms with Crippen molar-refractivity contribution in [1.29, 1.82) is 0 Å². The lowest BCUT2D eigenvalue weighted by molar-refractivity contribution is -0.135. The van der Waals surface area contributed by atoms with E-state index in [1.54, 1.807) is 24.3 Å². The van der Waals surface area contributed by atoms with E-state index in [2.05, 4.69) is 0 Å². The number of alkyl halides is 3. The van der Waals surface area contributed by atoms with Crippen molar-refractivity contribution in [2.75, 3.05) is 0 Å². The van der Waals surface area contributed by atoms with E-state index in [0.29, 0.717) is 10.9 Å². The van der Waals surface area contributed by atoms with E-state index in [9.17, 15) is 21.6 Å². The Bertz CT molecular complexity index is 722. The average Bonchev–Trinajstić information content (AvgIpc) is 2.67. The number of para-hydroxylation sites is 1. The zero-order valence-corrected chi connectivity index (χ0v) is 11.8. The Morgan fingerprint density at radius 1 is 1.20 bits per heavy atom. The van der Waals surface area contributed by atoms with Gasteiger partial charge in [-0.25, -0.2) is 8.42 Å². The molecular weight excluding hydrogens is 315 g/mol. The minimum atomic E-state index is -4.22. The van der Waals surface area contributed by atoms with Crippen molar-refractivity contribution in [1.82, 2.24) is 4.57 Å². The third-order valence-corrected chi connectivity index (χ3v) is 4.22. The van der Waals surface area contributed by atoms with Crippen LogP contribution in [-0.4, -0.2) is 19.2 Å². The molecule has 110 valence electrons. The first-order chi connectivity index (χ1) is 9.18. The Hall–Kier alpha value is -1.21. The summed E-state index contributed by atoms with van der Waals surface area (Å²) in [5.74, 6) is 0. The Morgan fingerprint density at radius 2 is 1.85 bits per heavy atom. The molecule has 0 fully saturated rings. The lowest BCUT2D eigenvalue weighted by Crippen LogP contribution is -2.08. The quantitative estimate of drug-likeness (QED) is 0.799. The van der Waals surface area contributed by atoms with Crippen molar-refractivity contribution in [2.24, 2.45) is 0 Å². The summed E-state index contributed by atoms with van der Waals surface area (Å²) in [6.07, 6.45) is -3.97. The van der Waals surface area contributed by atoms with Gasteiger partial charge < -0.3 is 4.57 Å². The maximum atomic E-state index is 12.1. The molecule has 2 aromatic rings. The minimum Gasteiger partial charge on any atom is -0.346 e. The molecule has 0 saturated carbocycles. The Balaban J connectivity index is 2.35. The summed E-state index contributed by atoms with van der Waals surface area (Å²) in [4.78, 5) is -0.0817. The topological polar surface area (TPSA) is 39.1 Å². The van der Waals surface area contributed by atoms with E-state index in [-0.39, 0.29) is 17.9 Å². The van der Waals surface area contributed by atoms with Crippen molar-refractivity contribution in [3.8, 4) is 0 Å². The van der Waals surface area contributed by atoms with Gasteiger partial charge in [-0.15, -0.1) is 0 Å². The van der Waals surface area contributed by atoms with Gasteiger partial charge >= 0.3 is 6.18 Å². The summed E-state index contributed by atoms with van der Waals surface area (Å²) in [7, 11) is 1.40. The summed E-state index contributed by atoms with van der Waals surface area (Å²) in [6.45, 7) is 0.0758. The van der Waals surface area contributed by atoms with Crippen LogP contribution in [0.3, 0.4) is 0 Å². The van der Waals surface area contributed by atoms with Crippen LogP contribution in [0.25, 0.3) is 10.9 Å². The molecule has 20 heavy (non-hydrogen) atoms. The molecule has 0 aliphatic carbocycles. The minimum absolute atomic E-state index is 0.0758. The lowest BCUT2D eigenvalue weighted by atomic mass is 10.2. The fourth-order valence-electron chi connectivity index (χ4n) is 2.04. The van der Waals surface area contributed by atoms with E-state index >= 15 is 0 Å².